The van der Waals surface area contributed by atoms with Crippen LogP contribution in [0, 0.1) is 0 Å². The third-order valence-electron chi connectivity index (χ3n) is 6.48. The van der Waals surface area contributed by atoms with Gasteiger partial charge < -0.3 is 5.01 Å². The van der Waals surface area contributed by atoms with Crippen molar-refractivity contribution in [3.63, 3.8) is 0 Å². The lowest BCUT2D eigenvalue weighted by atomic mass is 10.2. The van der Waals surface area contributed by atoms with E-state index in [4.69, 9.17) is 0 Å². The summed E-state index contributed by atoms with van der Waals surface area (Å²) in [6.07, 6.45) is 0. The molecular formula is C25H30N2Si. The molecule has 0 amide bonds. The Labute approximate surface area is 170 Å². The molecule has 3 aromatic rings. The maximum Gasteiger partial charge on any atom is 0.147 e. The average Bonchev–Trinajstić information content (AvgIpc) is 2.95. The normalized spacial score (nSPS) is 17.6. The van der Waals surface area contributed by atoms with Gasteiger partial charge in [-0.15, -0.1) is 0 Å². The molecule has 1 aliphatic rings. The van der Waals surface area contributed by atoms with E-state index in [0.717, 1.165) is 0 Å². The summed E-state index contributed by atoms with van der Waals surface area (Å²) in [5, 5.41) is 7.92. The fraction of sp³-hybridized carbons (Fsp3) is 0.280. The van der Waals surface area contributed by atoms with Crippen LogP contribution in [0.5, 0.6) is 0 Å². The van der Waals surface area contributed by atoms with Crippen molar-refractivity contribution in [2.24, 2.45) is 0 Å². The summed E-state index contributed by atoms with van der Waals surface area (Å²) >= 11 is 0. The second-order valence-corrected chi connectivity index (χ2v) is 13.7. The smallest absolute Gasteiger partial charge is 0.147 e. The first-order valence-corrected chi connectivity index (χ1v) is 12.1. The van der Waals surface area contributed by atoms with Crippen LogP contribution in [0.15, 0.2) is 84.9 Å². The molecule has 3 heteroatoms. The molecule has 1 aliphatic heterocycles. The summed E-state index contributed by atoms with van der Waals surface area (Å²) < 4.78 is 0. The summed E-state index contributed by atoms with van der Waals surface area (Å²) in [5.74, 6) is 0. The first-order valence-electron chi connectivity index (χ1n) is 10.1. The van der Waals surface area contributed by atoms with E-state index in [9.17, 15) is 0 Å². The minimum atomic E-state index is -2.29. The van der Waals surface area contributed by atoms with Crippen molar-refractivity contribution in [1.82, 2.24) is 5.01 Å². The predicted molar refractivity (Wildman–Crippen MR) is 123 cm³/mol. The molecule has 1 heterocycles. The summed E-state index contributed by atoms with van der Waals surface area (Å²) in [6.45, 7) is 7.32. The van der Waals surface area contributed by atoms with Gasteiger partial charge in [-0.3, -0.25) is 0 Å². The highest BCUT2D eigenvalue weighted by molar-refractivity contribution is 7.05. The molecule has 0 bridgehead atoms. The molecule has 0 fully saturated rings. The van der Waals surface area contributed by atoms with E-state index >= 15 is 0 Å². The van der Waals surface area contributed by atoms with Gasteiger partial charge in [0.2, 0.25) is 0 Å². The fourth-order valence-corrected chi connectivity index (χ4v) is 11.6. The molecule has 28 heavy (non-hydrogen) atoms. The van der Waals surface area contributed by atoms with Crippen molar-refractivity contribution < 1.29 is 0 Å². The van der Waals surface area contributed by atoms with Crippen molar-refractivity contribution in [1.29, 1.82) is 0 Å². The highest BCUT2D eigenvalue weighted by Gasteiger charge is 2.58. The largest absolute Gasteiger partial charge is 0.308 e. The standard InChI is InChI=1S/C25H30N2Si/c1-25(2,3)28(20-14-8-6-9-15-20,21-16-10-7-11-17-21)24-22-18-12-13-19-23(22)26(4)27(24)5/h6-19,24H,1-5H3. The molecular weight excluding hydrogens is 356 g/mol. The van der Waals surface area contributed by atoms with Crippen molar-refractivity contribution in [2.45, 2.75) is 31.5 Å². The Morgan fingerprint density at radius 3 is 1.64 bits per heavy atom. The molecule has 0 saturated carbocycles. The Balaban J connectivity index is 2.10. The summed E-state index contributed by atoms with van der Waals surface area (Å²) in [6, 6.07) is 31.5. The Kier molecular flexibility index (Phi) is 4.68. The molecule has 0 radical (unpaired) electrons. The minimum Gasteiger partial charge on any atom is -0.308 e. The molecule has 2 nitrogen and oxygen atoms in total. The topological polar surface area (TPSA) is 6.48 Å². The minimum absolute atomic E-state index is 0.118. The Hall–Kier alpha value is -2.36. The first-order chi connectivity index (χ1) is 13.4. The lowest BCUT2D eigenvalue weighted by Crippen LogP contribution is -2.70. The van der Waals surface area contributed by atoms with Gasteiger partial charge >= 0.3 is 0 Å². The van der Waals surface area contributed by atoms with Gasteiger partial charge in [0.1, 0.15) is 8.07 Å². The molecule has 144 valence electrons. The van der Waals surface area contributed by atoms with Gasteiger partial charge in [0.15, 0.2) is 0 Å². The number of benzene rings is 3. The van der Waals surface area contributed by atoms with Crippen LogP contribution >= 0.6 is 0 Å². The van der Waals surface area contributed by atoms with Crippen LogP contribution in [-0.2, 0) is 0 Å². The molecule has 3 aromatic carbocycles. The summed E-state index contributed by atoms with van der Waals surface area (Å²) in [5.41, 5.74) is 3.10. The van der Waals surface area contributed by atoms with Gasteiger partial charge in [-0.25, -0.2) is 5.01 Å². The molecule has 4 rings (SSSR count). The van der Waals surface area contributed by atoms with Crippen molar-refractivity contribution in [3.8, 4) is 0 Å². The lowest BCUT2D eigenvalue weighted by molar-refractivity contribution is 0.317. The van der Waals surface area contributed by atoms with E-state index in [-0.39, 0.29) is 5.04 Å². The Morgan fingerprint density at radius 1 is 0.679 bits per heavy atom. The number of rotatable bonds is 3. The van der Waals surface area contributed by atoms with Crippen LogP contribution in [0.2, 0.25) is 5.04 Å². The van der Waals surface area contributed by atoms with Crippen LogP contribution in [0.4, 0.5) is 5.69 Å². The van der Waals surface area contributed by atoms with E-state index in [1.807, 2.05) is 0 Å². The van der Waals surface area contributed by atoms with E-state index in [1.165, 1.54) is 21.6 Å². The average molecular weight is 387 g/mol. The van der Waals surface area contributed by atoms with Crippen LogP contribution < -0.4 is 15.4 Å². The first kappa shape index (κ1) is 19.0. The van der Waals surface area contributed by atoms with Gasteiger partial charge in [0, 0.05) is 14.1 Å². The monoisotopic (exact) mass is 386 g/mol. The summed E-state index contributed by atoms with van der Waals surface area (Å²) in [7, 11) is 2.16. The zero-order valence-electron chi connectivity index (χ0n) is 17.6. The number of hydrogen-bond donors (Lipinski definition) is 0. The number of fused-ring (bicyclic) bond motifs is 1. The fourth-order valence-electron chi connectivity index (χ4n) is 5.23. The lowest BCUT2D eigenvalue weighted by Gasteiger charge is -2.50. The molecule has 0 spiro atoms. The molecule has 0 aliphatic carbocycles. The van der Waals surface area contributed by atoms with Gasteiger partial charge in [-0.1, -0.05) is 110 Å². The van der Waals surface area contributed by atoms with Crippen molar-refractivity contribution in [3.05, 3.63) is 90.5 Å². The highest BCUT2D eigenvalue weighted by atomic mass is 28.3. The molecule has 1 atom stereocenters. The zero-order valence-corrected chi connectivity index (χ0v) is 18.6. The SMILES string of the molecule is CN1c2ccccc2C([Si](c2ccccc2)(c2ccccc2)C(C)(C)C)N1C. The van der Waals surface area contributed by atoms with Crippen LogP contribution in [0.1, 0.15) is 32.0 Å². The second kappa shape index (κ2) is 6.91. The molecule has 0 N–H and O–H groups in total. The third kappa shape index (κ3) is 2.65. The maximum atomic E-state index is 2.47. The number of nitrogens with zero attached hydrogens (tertiary/aromatic N) is 2. The van der Waals surface area contributed by atoms with Crippen LogP contribution in [0.25, 0.3) is 0 Å². The number of para-hydroxylation sites is 1. The quantitative estimate of drug-likeness (QED) is 0.606. The second-order valence-electron chi connectivity index (χ2n) is 8.85. The van der Waals surface area contributed by atoms with Crippen molar-refractivity contribution in [2.75, 3.05) is 19.1 Å². The van der Waals surface area contributed by atoms with Crippen LogP contribution in [-0.4, -0.2) is 27.2 Å². The van der Waals surface area contributed by atoms with Crippen LogP contribution in [0.3, 0.4) is 0 Å². The van der Waals surface area contributed by atoms with E-state index in [2.05, 4.69) is 130 Å². The zero-order chi connectivity index (χ0) is 19.9. The van der Waals surface area contributed by atoms with Gasteiger partial charge in [-0.2, -0.15) is 0 Å². The number of anilines is 1. The molecule has 0 saturated heterocycles. The van der Waals surface area contributed by atoms with Gasteiger partial charge in [0.05, 0.1) is 11.4 Å². The van der Waals surface area contributed by atoms with Crippen molar-refractivity contribution >= 4 is 24.1 Å². The Morgan fingerprint density at radius 2 is 1.14 bits per heavy atom. The highest BCUT2D eigenvalue weighted by Crippen LogP contribution is 2.51. The Bertz CT molecular complexity index is 908. The molecule has 1 unspecified atom stereocenters. The predicted octanol–water partition coefficient (Wildman–Crippen LogP) is 4.63. The van der Waals surface area contributed by atoms with Gasteiger partial charge in [0.25, 0.3) is 0 Å². The third-order valence-corrected chi connectivity index (χ3v) is 12.8. The number of hydrazine groups is 1. The van der Waals surface area contributed by atoms with E-state index < -0.39 is 8.07 Å². The summed E-state index contributed by atoms with van der Waals surface area (Å²) in [4.78, 5) is 0. The van der Waals surface area contributed by atoms with E-state index in [0.29, 0.717) is 5.67 Å². The molecule has 0 aromatic heterocycles. The maximum absolute atomic E-state index is 2.47. The van der Waals surface area contributed by atoms with E-state index in [1.54, 1.807) is 0 Å². The van der Waals surface area contributed by atoms with Gasteiger partial charge in [-0.05, 0) is 16.7 Å². The number of hydrogen-bond acceptors (Lipinski definition) is 2.